The Labute approximate surface area is 167 Å². The summed E-state index contributed by atoms with van der Waals surface area (Å²) < 4.78 is 22.5. The molecule has 2 aliphatic rings. The molecule has 156 valence electrons. The molecule has 9 heteroatoms. The average molecular weight is 403 g/mol. The highest BCUT2D eigenvalue weighted by Gasteiger charge is 2.32. The molecule has 0 bridgehead atoms. The highest BCUT2D eigenvalue weighted by Crippen LogP contribution is 2.43. The first kappa shape index (κ1) is 19.5. The third kappa shape index (κ3) is 3.19. The molecule has 1 aliphatic carbocycles. The number of nitrogen functional groups attached to an aromatic ring is 2. The molecule has 1 aliphatic heterocycles. The largest absolute Gasteiger partial charge is 0.462 e. The van der Waals surface area contributed by atoms with Gasteiger partial charge in [0.1, 0.15) is 11.3 Å². The summed E-state index contributed by atoms with van der Waals surface area (Å²) in [6.07, 6.45) is 3.09. The number of rotatable bonds is 4. The number of pyridine rings is 1. The van der Waals surface area contributed by atoms with Crippen molar-refractivity contribution >= 4 is 33.9 Å². The molecule has 2 heterocycles. The zero-order chi connectivity index (χ0) is 20.9. The third-order valence-electron chi connectivity index (χ3n) is 5.72. The van der Waals surface area contributed by atoms with Gasteiger partial charge in [-0.2, -0.15) is 0 Å². The summed E-state index contributed by atoms with van der Waals surface area (Å²) in [4.78, 5) is 29.4. The number of aromatic nitrogens is 1. The van der Waals surface area contributed by atoms with Crippen LogP contribution in [0.25, 0.3) is 10.9 Å². The summed E-state index contributed by atoms with van der Waals surface area (Å²) in [6, 6.07) is 0.0177. The number of nitrogens with two attached hydrogens (primary N) is 2. The van der Waals surface area contributed by atoms with E-state index in [-0.39, 0.29) is 46.2 Å². The maximum absolute atomic E-state index is 15.8. The maximum atomic E-state index is 15.8. The van der Waals surface area contributed by atoms with Gasteiger partial charge in [0.2, 0.25) is 5.43 Å². The van der Waals surface area contributed by atoms with Crippen LogP contribution in [0.4, 0.5) is 21.5 Å². The van der Waals surface area contributed by atoms with E-state index in [1.807, 2.05) is 11.9 Å². The average Bonchev–Trinajstić information content (AvgIpc) is 3.53. The van der Waals surface area contributed by atoms with Crippen LogP contribution >= 0.6 is 0 Å². The first-order chi connectivity index (χ1) is 13.8. The summed E-state index contributed by atoms with van der Waals surface area (Å²) in [5, 5.41) is -0.0460. The minimum atomic E-state index is -0.740. The van der Waals surface area contributed by atoms with Crippen LogP contribution in [0.2, 0.25) is 0 Å². The summed E-state index contributed by atoms with van der Waals surface area (Å²) in [5.41, 5.74) is 12.1. The van der Waals surface area contributed by atoms with Crippen LogP contribution in [0.3, 0.4) is 0 Å². The van der Waals surface area contributed by atoms with Crippen LogP contribution in [0.15, 0.2) is 11.0 Å². The lowest BCUT2D eigenvalue weighted by Crippen LogP contribution is -2.45. The number of hydrogen-bond acceptors (Lipinski definition) is 7. The topological polar surface area (TPSA) is 107 Å². The normalized spacial score (nSPS) is 17.7. The van der Waals surface area contributed by atoms with Gasteiger partial charge in [-0.1, -0.05) is 0 Å². The highest BCUT2D eigenvalue weighted by molar-refractivity contribution is 6.05. The van der Waals surface area contributed by atoms with Crippen LogP contribution in [0.5, 0.6) is 0 Å². The second kappa shape index (κ2) is 7.22. The zero-order valence-electron chi connectivity index (χ0n) is 16.7. The van der Waals surface area contributed by atoms with Crippen LogP contribution < -0.4 is 21.8 Å². The molecule has 29 heavy (non-hydrogen) atoms. The number of fused-ring (bicyclic) bond motifs is 1. The lowest BCUT2D eigenvalue weighted by atomic mass is 10.0. The fourth-order valence-electron chi connectivity index (χ4n) is 3.93. The molecular formula is C20H26FN5O3. The molecule has 0 spiro atoms. The number of carbonyl (C=O) groups excluding carboxylic acids is 1. The van der Waals surface area contributed by atoms with E-state index in [2.05, 4.69) is 4.90 Å². The minimum Gasteiger partial charge on any atom is -0.462 e. The van der Waals surface area contributed by atoms with Gasteiger partial charge in [-0.05, 0) is 26.8 Å². The van der Waals surface area contributed by atoms with E-state index in [1.54, 1.807) is 11.5 Å². The van der Waals surface area contributed by atoms with Gasteiger partial charge >= 0.3 is 5.97 Å². The van der Waals surface area contributed by atoms with Gasteiger partial charge < -0.3 is 30.6 Å². The van der Waals surface area contributed by atoms with E-state index in [0.717, 1.165) is 25.9 Å². The molecule has 1 aromatic heterocycles. The van der Waals surface area contributed by atoms with Crippen molar-refractivity contribution in [2.24, 2.45) is 0 Å². The number of halogens is 1. The second-order valence-electron chi connectivity index (χ2n) is 7.73. The first-order valence-electron chi connectivity index (χ1n) is 9.91. The van der Waals surface area contributed by atoms with Crippen molar-refractivity contribution in [3.05, 3.63) is 27.8 Å². The summed E-state index contributed by atoms with van der Waals surface area (Å²) in [5.74, 6) is -1.30. The van der Waals surface area contributed by atoms with Gasteiger partial charge in [-0.15, -0.1) is 0 Å². The second-order valence-corrected chi connectivity index (χ2v) is 7.73. The molecule has 1 saturated carbocycles. The van der Waals surface area contributed by atoms with Gasteiger partial charge in [0.05, 0.1) is 28.9 Å². The SMILES string of the molecule is CCOC(=O)c1cn(C2CC2)c2c(F)c(N3CCN(C)CC3)c(N)c(N)c2c1=O. The van der Waals surface area contributed by atoms with E-state index < -0.39 is 17.2 Å². The van der Waals surface area contributed by atoms with E-state index in [4.69, 9.17) is 16.2 Å². The van der Waals surface area contributed by atoms with Gasteiger partial charge in [0.15, 0.2) is 5.82 Å². The predicted molar refractivity (Wildman–Crippen MR) is 111 cm³/mol. The predicted octanol–water partition coefficient (Wildman–Crippen LogP) is 1.57. The fraction of sp³-hybridized carbons (Fsp3) is 0.500. The Morgan fingerprint density at radius 3 is 2.45 bits per heavy atom. The molecule has 4 N–H and O–H groups in total. The summed E-state index contributed by atoms with van der Waals surface area (Å²) in [6.45, 7) is 4.55. The molecule has 1 saturated heterocycles. The molecule has 0 atom stereocenters. The zero-order valence-corrected chi connectivity index (χ0v) is 16.7. The van der Waals surface area contributed by atoms with Crippen LogP contribution in [0, 0.1) is 5.82 Å². The Morgan fingerprint density at radius 2 is 1.86 bits per heavy atom. The van der Waals surface area contributed by atoms with Crippen molar-refractivity contribution in [3.8, 4) is 0 Å². The van der Waals surface area contributed by atoms with Crippen molar-refractivity contribution in [2.75, 3.05) is 56.2 Å². The van der Waals surface area contributed by atoms with Crippen LogP contribution in [-0.4, -0.2) is 55.3 Å². The molecule has 1 aromatic carbocycles. The van der Waals surface area contributed by atoms with Gasteiger partial charge in [0, 0.05) is 38.4 Å². The Hall–Kier alpha value is -2.81. The van der Waals surface area contributed by atoms with Crippen LogP contribution in [-0.2, 0) is 4.74 Å². The Morgan fingerprint density at radius 1 is 1.21 bits per heavy atom. The lowest BCUT2D eigenvalue weighted by Gasteiger charge is -2.35. The first-order valence-corrected chi connectivity index (χ1v) is 9.91. The molecule has 0 amide bonds. The fourth-order valence-corrected chi connectivity index (χ4v) is 3.93. The lowest BCUT2D eigenvalue weighted by molar-refractivity contribution is 0.0524. The van der Waals surface area contributed by atoms with Crippen molar-refractivity contribution < 1.29 is 13.9 Å². The van der Waals surface area contributed by atoms with Crippen molar-refractivity contribution in [1.82, 2.24) is 9.47 Å². The smallest absolute Gasteiger partial charge is 0.343 e. The number of ether oxygens (including phenoxy) is 1. The number of benzene rings is 1. The molecule has 2 fully saturated rings. The molecule has 4 rings (SSSR count). The Kier molecular flexibility index (Phi) is 4.85. The minimum absolute atomic E-state index is 0.0147. The number of likely N-dealkylation sites (N-methyl/N-ethyl adjacent to an activating group) is 1. The summed E-state index contributed by atoms with van der Waals surface area (Å²) in [7, 11) is 2.01. The van der Waals surface area contributed by atoms with E-state index in [0.29, 0.717) is 13.1 Å². The van der Waals surface area contributed by atoms with Crippen molar-refractivity contribution in [1.29, 1.82) is 0 Å². The molecular weight excluding hydrogens is 377 g/mol. The molecule has 2 aromatic rings. The number of anilines is 3. The number of esters is 1. The summed E-state index contributed by atoms with van der Waals surface area (Å²) >= 11 is 0. The highest BCUT2D eigenvalue weighted by atomic mass is 19.1. The van der Waals surface area contributed by atoms with Gasteiger partial charge in [0.25, 0.3) is 0 Å². The van der Waals surface area contributed by atoms with Crippen molar-refractivity contribution in [2.45, 2.75) is 25.8 Å². The number of hydrogen-bond donors (Lipinski definition) is 2. The Bertz CT molecular complexity index is 1040. The molecule has 8 nitrogen and oxygen atoms in total. The quantitative estimate of drug-likeness (QED) is 0.589. The molecule has 0 unspecified atom stereocenters. The van der Waals surface area contributed by atoms with E-state index in [1.165, 1.54) is 6.20 Å². The van der Waals surface area contributed by atoms with Gasteiger partial charge in [-0.3, -0.25) is 4.79 Å². The third-order valence-corrected chi connectivity index (χ3v) is 5.72. The monoisotopic (exact) mass is 403 g/mol. The van der Waals surface area contributed by atoms with E-state index >= 15 is 4.39 Å². The van der Waals surface area contributed by atoms with E-state index in [9.17, 15) is 9.59 Å². The van der Waals surface area contributed by atoms with Crippen LogP contribution in [0.1, 0.15) is 36.2 Å². The number of piperazine rings is 1. The number of nitrogens with zero attached hydrogens (tertiary/aromatic N) is 3. The number of carbonyl (C=O) groups is 1. The maximum Gasteiger partial charge on any atom is 0.343 e. The molecule has 0 radical (unpaired) electrons. The Balaban J connectivity index is 1.99. The standard InChI is InChI=1S/C20H26FN5O3/c1-3-29-20(28)12-10-26(11-4-5-11)17-13(19(12)27)15(22)16(23)18(14(17)21)25-8-6-24(2)7-9-25/h10-11H,3-9,22-23H2,1-2H3. The van der Waals surface area contributed by atoms with Crippen molar-refractivity contribution in [3.63, 3.8) is 0 Å². The van der Waals surface area contributed by atoms with Gasteiger partial charge in [-0.25, -0.2) is 9.18 Å².